The molecule has 238 valence electrons. The fourth-order valence-corrected chi connectivity index (χ4v) is 5.14. The average molecular weight is 618 g/mol. The molecule has 2 aliphatic rings. The van der Waals surface area contributed by atoms with E-state index in [1.165, 1.54) is 6.92 Å². The summed E-state index contributed by atoms with van der Waals surface area (Å²) in [6.07, 6.45) is -7.07. The lowest BCUT2D eigenvalue weighted by molar-refractivity contribution is -0.287. The van der Waals surface area contributed by atoms with Crippen molar-refractivity contribution < 1.29 is 47.6 Å². The lowest BCUT2D eigenvalue weighted by Crippen LogP contribution is -2.61. The largest absolute Gasteiger partial charge is 0.458 e. The first-order valence-electron chi connectivity index (χ1n) is 13.9. The lowest BCUT2D eigenvalue weighted by atomic mass is 9.84. The van der Waals surface area contributed by atoms with Gasteiger partial charge in [0.25, 0.3) is 0 Å². The lowest BCUT2D eigenvalue weighted by Gasteiger charge is -2.45. The Kier molecular flexibility index (Phi) is 12.6. The molecule has 17 nitrogen and oxygen atoms in total. The molecule has 1 aromatic rings. The molecule has 1 saturated heterocycles. The van der Waals surface area contributed by atoms with Gasteiger partial charge in [-0.15, -0.1) is 0 Å². The van der Waals surface area contributed by atoms with Crippen LogP contribution in [0.4, 0.5) is 4.79 Å². The number of amides is 1. The van der Waals surface area contributed by atoms with E-state index in [2.05, 4.69) is 25.4 Å². The third-order valence-electron chi connectivity index (χ3n) is 6.97. The van der Waals surface area contributed by atoms with Crippen molar-refractivity contribution in [2.24, 2.45) is 10.2 Å². The zero-order valence-electron chi connectivity index (χ0n) is 24.7. The van der Waals surface area contributed by atoms with E-state index in [0.717, 1.165) is 19.4 Å². The molecule has 1 unspecified atom stereocenters. The molecule has 0 aromatic heterocycles. The highest BCUT2D eigenvalue weighted by molar-refractivity contribution is 5.68. The molecule has 0 bridgehead atoms. The molecule has 1 saturated carbocycles. The van der Waals surface area contributed by atoms with Crippen LogP contribution in [0.2, 0.25) is 0 Å². The van der Waals surface area contributed by atoms with Gasteiger partial charge in [-0.05, 0) is 42.8 Å². The van der Waals surface area contributed by atoms with Crippen LogP contribution in [-0.4, -0.2) is 78.9 Å². The third kappa shape index (κ3) is 9.74. The highest BCUT2D eigenvalue weighted by Gasteiger charge is 2.51. The van der Waals surface area contributed by atoms with E-state index in [-0.39, 0.29) is 19.4 Å². The van der Waals surface area contributed by atoms with E-state index in [1.54, 1.807) is 6.92 Å². The Morgan fingerprint density at radius 2 is 1.50 bits per heavy atom. The second-order valence-electron chi connectivity index (χ2n) is 10.3. The number of esters is 3. The predicted octanol–water partition coefficient (Wildman–Crippen LogP) is 3.75. The molecular weight excluding hydrogens is 582 g/mol. The van der Waals surface area contributed by atoms with Crippen molar-refractivity contribution in [3.8, 4) is 0 Å². The molecule has 0 spiro atoms. The number of rotatable bonds is 11. The van der Waals surface area contributed by atoms with Crippen molar-refractivity contribution in [1.82, 2.24) is 5.32 Å². The summed E-state index contributed by atoms with van der Waals surface area (Å²) < 4.78 is 34.0. The van der Waals surface area contributed by atoms with Crippen LogP contribution in [0, 0.1) is 0 Å². The fraction of sp³-hybridized carbons (Fsp3) is 0.630. The summed E-state index contributed by atoms with van der Waals surface area (Å²) in [5.74, 6) is -2.15. The number of benzene rings is 1. The van der Waals surface area contributed by atoms with Crippen molar-refractivity contribution in [2.45, 2.75) is 108 Å². The first kappa shape index (κ1) is 33.9. The molecule has 0 radical (unpaired) electrons. The van der Waals surface area contributed by atoms with E-state index >= 15 is 0 Å². The van der Waals surface area contributed by atoms with Gasteiger partial charge in [-0.2, -0.15) is 0 Å². The monoisotopic (exact) mass is 617 g/mol. The van der Waals surface area contributed by atoms with Crippen molar-refractivity contribution in [2.75, 3.05) is 0 Å². The van der Waals surface area contributed by atoms with Crippen LogP contribution in [0.1, 0.15) is 52.5 Å². The maximum atomic E-state index is 12.5. The summed E-state index contributed by atoms with van der Waals surface area (Å²) in [7, 11) is 0. The van der Waals surface area contributed by atoms with Gasteiger partial charge in [0.15, 0.2) is 18.5 Å². The molecule has 1 aromatic carbocycles. The topological polar surface area (TPSA) is 233 Å². The molecule has 1 aliphatic carbocycles. The number of nitrogens with zero attached hydrogens (tertiary/aromatic N) is 6. The number of alkyl carbamates (subject to hydrolysis) is 1. The summed E-state index contributed by atoms with van der Waals surface area (Å²) >= 11 is 0. The molecule has 3 rings (SSSR count). The number of azide groups is 2. The zero-order valence-corrected chi connectivity index (χ0v) is 24.7. The molecular formula is C27H35N7O10. The van der Waals surface area contributed by atoms with Crippen LogP contribution in [0.5, 0.6) is 0 Å². The molecule has 17 heteroatoms. The summed E-state index contributed by atoms with van der Waals surface area (Å²) in [5.41, 5.74) is 19.2. The molecule has 2 fully saturated rings. The van der Waals surface area contributed by atoms with Crippen molar-refractivity contribution >= 4 is 24.0 Å². The van der Waals surface area contributed by atoms with Gasteiger partial charge in [0.1, 0.15) is 18.8 Å². The highest BCUT2D eigenvalue weighted by Crippen LogP contribution is 2.35. The van der Waals surface area contributed by atoms with E-state index in [0.29, 0.717) is 6.42 Å². The summed E-state index contributed by atoms with van der Waals surface area (Å²) in [4.78, 5) is 54.1. The summed E-state index contributed by atoms with van der Waals surface area (Å²) in [5, 5.41) is 10.1. The minimum atomic E-state index is -1.40. The molecule has 1 aliphatic heterocycles. The second-order valence-corrected chi connectivity index (χ2v) is 10.3. The Labute approximate surface area is 252 Å². The van der Waals surface area contributed by atoms with E-state index in [4.69, 9.17) is 34.0 Å². The van der Waals surface area contributed by atoms with Crippen molar-refractivity contribution in [1.29, 1.82) is 0 Å². The first-order chi connectivity index (χ1) is 21.0. The molecule has 1 heterocycles. The van der Waals surface area contributed by atoms with Gasteiger partial charge in [0, 0.05) is 30.6 Å². The molecule has 44 heavy (non-hydrogen) atoms. The number of carbonyl (C=O) groups is 4. The van der Waals surface area contributed by atoms with Crippen molar-refractivity contribution in [3.05, 3.63) is 56.8 Å². The van der Waals surface area contributed by atoms with E-state index in [1.807, 2.05) is 30.3 Å². The number of hydrogen-bond acceptors (Lipinski definition) is 12. The summed E-state index contributed by atoms with van der Waals surface area (Å²) in [6.45, 7) is 5.21. The number of carbonyl (C=O) groups excluding carboxylic acids is 4. The normalized spacial score (nSPS) is 28.5. The zero-order chi connectivity index (χ0) is 32.2. The van der Waals surface area contributed by atoms with Gasteiger partial charge in [0.05, 0.1) is 24.2 Å². The Bertz CT molecular complexity index is 1270. The van der Waals surface area contributed by atoms with E-state index in [9.17, 15) is 24.7 Å². The van der Waals surface area contributed by atoms with Gasteiger partial charge in [-0.25, -0.2) is 4.79 Å². The second kappa shape index (κ2) is 16.3. The number of hydrogen-bond donors (Lipinski definition) is 1. The molecule has 1 amide bonds. The quantitative estimate of drug-likeness (QED) is 0.124. The van der Waals surface area contributed by atoms with Gasteiger partial charge in [-0.3, -0.25) is 14.4 Å². The molecule has 9 atom stereocenters. The summed E-state index contributed by atoms with van der Waals surface area (Å²) in [6, 6.07) is 6.38. The van der Waals surface area contributed by atoms with Crippen molar-refractivity contribution in [3.63, 3.8) is 0 Å². The first-order valence-corrected chi connectivity index (χ1v) is 13.9. The minimum absolute atomic E-state index is 0.0610. The maximum Gasteiger partial charge on any atom is 0.407 e. The predicted molar refractivity (Wildman–Crippen MR) is 149 cm³/mol. The van der Waals surface area contributed by atoms with Gasteiger partial charge in [-0.1, -0.05) is 40.6 Å². The Balaban J connectivity index is 1.84. The Morgan fingerprint density at radius 1 is 0.909 bits per heavy atom. The van der Waals surface area contributed by atoms with Crippen LogP contribution in [0.15, 0.2) is 40.6 Å². The SMILES string of the molecule is CC(=O)O[C@@H]1[C@@H](OC(C)=O)[C@H](N=[N+]=[N-])C[C@H](N=[N+]=[N-])[C@H]1OC1O[C@H]([C@@H](C)NC(=O)OCc2ccccc2)CC[C@H]1OC(C)=O. The van der Waals surface area contributed by atoms with Crippen LogP contribution < -0.4 is 5.32 Å². The van der Waals surface area contributed by atoms with Crippen LogP contribution in [0.3, 0.4) is 0 Å². The Hall–Kier alpha value is -4.56. The molecule has 1 N–H and O–H groups in total. The van der Waals surface area contributed by atoms with Gasteiger partial charge < -0.3 is 33.7 Å². The fourth-order valence-electron chi connectivity index (χ4n) is 5.14. The highest BCUT2D eigenvalue weighted by atomic mass is 16.7. The third-order valence-corrected chi connectivity index (χ3v) is 6.97. The van der Waals surface area contributed by atoms with Crippen LogP contribution in [-0.2, 0) is 49.4 Å². The number of ether oxygens (including phenoxy) is 6. The van der Waals surface area contributed by atoms with E-state index < -0.39 is 78.9 Å². The van der Waals surface area contributed by atoms with Crippen LogP contribution >= 0.6 is 0 Å². The van der Waals surface area contributed by atoms with Crippen LogP contribution in [0.25, 0.3) is 20.9 Å². The average Bonchev–Trinajstić information content (AvgIpc) is 2.96. The van der Waals surface area contributed by atoms with Gasteiger partial charge in [0.2, 0.25) is 0 Å². The number of nitrogens with one attached hydrogen (secondary N) is 1. The maximum absolute atomic E-state index is 12.5. The smallest absolute Gasteiger partial charge is 0.407 e. The minimum Gasteiger partial charge on any atom is -0.458 e. The van der Waals surface area contributed by atoms with Gasteiger partial charge >= 0.3 is 24.0 Å². The Morgan fingerprint density at radius 3 is 2.09 bits per heavy atom. The standard InChI is InChI=1S/C27H35N7O10/c1-14(30-27(38)39-13-18-8-6-5-7-9-18)21-10-11-22(40-15(2)35)26(43-21)44-24-20(32-34-29)12-19(31-33-28)23(41-16(3)36)25(24)42-17(4)37/h5-9,14,19-26H,10-13H2,1-4H3,(H,30,38)/t14-,19-,20+,21+,22-,23+,24-,25-,26?/m1/s1.